The molecule has 1 rings (SSSR count). The second kappa shape index (κ2) is 3.40. The van der Waals surface area contributed by atoms with Crippen LogP contribution in [0.3, 0.4) is 0 Å². The van der Waals surface area contributed by atoms with Crippen molar-refractivity contribution in [2.24, 2.45) is 0 Å². The maximum Gasteiger partial charge on any atom is 0.298 e. The highest BCUT2D eigenvalue weighted by molar-refractivity contribution is 5.93. The van der Waals surface area contributed by atoms with Crippen LogP contribution in [0.15, 0.2) is 0 Å². The maximum atomic E-state index is 11.1. The topological polar surface area (TPSA) is 48.0 Å². The number of amides is 1. The maximum absolute atomic E-state index is 11.1. The molecule has 0 spiro atoms. The van der Waals surface area contributed by atoms with Crippen molar-refractivity contribution in [2.75, 3.05) is 13.1 Å². The average molecular weight is 153 g/mol. The van der Waals surface area contributed by atoms with Crippen molar-refractivity contribution in [3.8, 4) is 11.8 Å². The van der Waals surface area contributed by atoms with Crippen LogP contribution in [0.5, 0.6) is 0 Å². The van der Waals surface area contributed by atoms with Crippen molar-refractivity contribution in [3.63, 3.8) is 0 Å². The van der Waals surface area contributed by atoms with E-state index in [1.807, 2.05) is 0 Å². The van der Waals surface area contributed by atoms with Crippen LogP contribution in [-0.4, -0.2) is 29.9 Å². The van der Waals surface area contributed by atoms with E-state index in [0.29, 0.717) is 6.04 Å². The Kier molecular flexibility index (Phi) is 2.50. The lowest BCUT2D eigenvalue weighted by Gasteiger charge is -2.09. The molecule has 3 heteroatoms. The minimum Gasteiger partial charge on any atom is -0.354 e. The van der Waals surface area contributed by atoms with Crippen molar-refractivity contribution < 1.29 is 10.5 Å². The van der Waals surface area contributed by atoms with Gasteiger partial charge in [0.15, 0.2) is 0 Å². The highest BCUT2D eigenvalue weighted by Crippen LogP contribution is 2.04. The molecule has 11 heavy (non-hydrogen) atoms. The monoisotopic (exact) mass is 153 g/mol. The van der Waals surface area contributed by atoms with Gasteiger partial charge >= 0.3 is 0 Å². The van der Waals surface area contributed by atoms with E-state index in [9.17, 15) is 4.79 Å². The largest absolute Gasteiger partial charge is 0.354 e. The Morgan fingerprint density at radius 2 is 2.45 bits per heavy atom. The second-order valence-corrected chi connectivity index (χ2v) is 2.78. The first-order valence-electron chi connectivity index (χ1n) is 3.78. The van der Waals surface area contributed by atoms with Crippen LogP contribution in [0.4, 0.5) is 0 Å². The third-order valence-corrected chi connectivity index (χ3v) is 1.80. The third kappa shape index (κ3) is 1.95. The van der Waals surface area contributed by atoms with Gasteiger partial charge in [-0.2, -0.15) is 0 Å². The molecule has 0 saturated carbocycles. The zero-order valence-corrected chi connectivity index (χ0v) is 6.76. The van der Waals surface area contributed by atoms with Gasteiger partial charge in [-0.1, -0.05) is 5.92 Å². The number of rotatable bonds is 0. The van der Waals surface area contributed by atoms with Gasteiger partial charge in [0.25, 0.3) is 5.91 Å². The van der Waals surface area contributed by atoms with Gasteiger partial charge in [0, 0.05) is 13.0 Å². The normalized spacial score (nSPS) is 22.7. The van der Waals surface area contributed by atoms with Gasteiger partial charge in [-0.3, -0.25) is 4.79 Å². The summed E-state index contributed by atoms with van der Waals surface area (Å²) in [4.78, 5) is 12.9. The Bertz CT molecular complexity index is 214. The number of quaternary nitrogens is 1. The summed E-state index contributed by atoms with van der Waals surface area (Å²) < 4.78 is 0. The first-order chi connectivity index (χ1) is 5.24. The summed E-state index contributed by atoms with van der Waals surface area (Å²) >= 11 is 0. The summed E-state index contributed by atoms with van der Waals surface area (Å²) in [7, 11) is 0. The first-order valence-corrected chi connectivity index (χ1v) is 3.78. The Balaban J connectivity index is 2.47. The average Bonchev–Trinajstić information content (AvgIpc) is 2.36. The number of likely N-dealkylation sites (tertiary alicyclic amines) is 1. The predicted molar refractivity (Wildman–Crippen MR) is 41.3 cm³/mol. The van der Waals surface area contributed by atoms with Gasteiger partial charge in [0.1, 0.15) is 6.04 Å². The van der Waals surface area contributed by atoms with Gasteiger partial charge in [-0.05, 0) is 12.8 Å². The quantitative estimate of drug-likeness (QED) is 0.439. The van der Waals surface area contributed by atoms with Gasteiger partial charge in [-0.25, -0.2) is 0 Å². The highest BCUT2D eigenvalue weighted by atomic mass is 16.2. The molecule has 1 amide bonds. The smallest absolute Gasteiger partial charge is 0.298 e. The van der Waals surface area contributed by atoms with E-state index in [1.54, 1.807) is 11.8 Å². The molecule has 1 atom stereocenters. The molecule has 1 aliphatic rings. The van der Waals surface area contributed by atoms with Crippen LogP contribution in [-0.2, 0) is 4.79 Å². The molecule has 0 aromatic carbocycles. The van der Waals surface area contributed by atoms with Crippen LogP contribution < -0.4 is 5.73 Å². The van der Waals surface area contributed by atoms with E-state index in [2.05, 4.69) is 17.6 Å². The molecule has 1 saturated heterocycles. The lowest BCUT2D eigenvalue weighted by molar-refractivity contribution is -0.413. The summed E-state index contributed by atoms with van der Waals surface area (Å²) in [5, 5.41) is 0. The number of carbonyl (C=O) groups excluding carboxylic acids is 1. The molecule has 1 heterocycles. The van der Waals surface area contributed by atoms with Crippen molar-refractivity contribution in [1.29, 1.82) is 0 Å². The second-order valence-electron chi connectivity index (χ2n) is 2.78. The fourth-order valence-corrected chi connectivity index (χ4v) is 1.20. The summed E-state index contributed by atoms with van der Waals surface area (Å²) in [6.45, 7) is 3.27. The van der Waals surface area contributed by atoms with E-state index < -0.39 is 0 Å². The van der Waals surface area contributed by atoms with E-state index in [1.165, 1.54) is 0 Å². The molecular weight excluding hydrogens is 140 g/mol. The molecule has 1 aliphatic heterocycles. The third-order valence-electron chi connectivity index (χ3n) is 1.80. The number of carbonyl (C=O) groups is 1. The fourth-order valence-electron chi connectivity index (χ4n) is 1.20. The minimum atomic E-state index is -0.0568. The Morgan fingerprint density at radius 1 is 1.73 bits per heavy atom. The fraction of sp³-hybridized carbons (Fsp3) is 0.625. The minimum absolute atomic E-state index is 0.0568. The molecule has 0 aromatic rings. The van der Waals surface area contributed by atoms with Crippen LogP contribution in [0.1, 0.15) is 13.3 Å². The molecule has 0 aromatic heterocycles. The molecule has 0 radical (unpaired) electrons. The Labute approximate surface area is 66.5 Å². The van der Waals surface area contributed by atoms with Crippen molar-refractivity contribution in [2.45, 2.75) is 19.4 Å². The summed E-state index contributed by atoms with van der Waals surface area (Å²) in [5.41, 5.74) is 3.89. The first kappa shape index (κ1) is 8.09. The molecule has 3 N–H and O–H groups in total. The zero-order valence-electron chi connectivity index (χ0n) is 6.76. The summed E-state index contributed by atoms with van der Waals surface area (Å²) in [6.07, 6.45) is 1.01. The Hall–Kier alpha value is -1.01. The molecular formula is C8H13N2O+. The molecule has 0 bridgehead atoms. The van der Waals surface area contributed by atoms with E-state index in [4.69, 9.17) is 0 Å². The lowest BCUT2D eigenvalue weighted by Crippen LogP contribution is -2.62. The van der Waals surface area contributed by atoms with Gasteiger partial charge in [0.2, 0.25) is 0 Å². The van der Waals surface area contributed by atoms with Gasteiger partial charge in [0.05, 0.1) is 6.54 Å². The van der Waals surface area contributed by atoms with Crippen LogP contribution >= 0.6 is 0 Å². The molecule has 1 fully saturated rings. The van der Waals surface area contributed by atoms with Crippen LogP contribution in [0.25, 0.3) is 0 Å². The Morgan fingerprint density at radius 3 is 2.91 bits per heavy atom. The van der Waals surface area contributed by atoms with Crippen LogP contribution in [0, 0.1) is 11.8 Å². The standard InChI is InChI=1S/C8H12N2O/c1-2-3-8(11)10-5-4-7(9)6-10/h7H,4-6,9H2,1H3/p+1/t7-/m1/s1. The molecule has 0 aliphatic carbocycles. The van der Waals surface area contributed by atoms with Crippen molar-refractivity contribution >= 4 is 5.91 Å². The lowest BCUT2D eigenvalue weighted by atomic mass is 10.3. The zero-order chi connectivity index (χ0) is 8.27. The van der Waals surface area contributed by atoms with Gasteiger partial charge in [-0.15, -0.1) is 0 Å². The van der Waals surface area contributed by atoms with E-state index in [-0.39, 0.29) is 5.91 Å². The van der Waals surface area contributed by atoms with E-state index >= 15 is 0 Å². The van der Waals surface area contributed by atoms with Gasteiger partial charge < -0.3 is 10.6 Å². The molecule has 60 valence electrons. The summed E-state index contributed by atoms with van der Waals surface area (Å²) in [6, 6.07) is 0.401. The predicted octanol–water partition coefficient (Wildman–Crippen LogP) is -1.15. The van der Waals surface area contributed by atoms with Crippen molar-refractivity contribution in [3.05, 3.63) is 0 Å². The summed E-state index contributed by atoms with van der Waals surface area (Å²) in [5.74, 6) is 5.06. The van der Waals surface area contributed by atoms with E-state index in [0.717, 1.165) is 19.5 Å². The number of hydrogen-bond acceptors (Lipinski definition) is 1. The van der Waals surface area contributed by atoms with Crippen molar-refractivity contribution in [1.82, 2.24) is 4.90 Å². The highest BCUT2D eigenvalue weighted by Gasteiger charge is 2.24. The number of nitrogens with zero attached hydrogens (tertiary/aromatic N) is 1. The number of hydrogen-bond donors (Lipinski definition) is 1. The molecule has 0 unspecified atom stereocenters. The SMILES string of the molecule is CC#CC(=O)N1CC[C@@H]([NH3+])C1. The van der Waals surface area contributed by atoms with Crippen LogP contribution in [0.2, 0.25) is 0 Å². The molecule has 3 nitrogen and oxygen atoms in total.